The zero-order valence-corrected chi connectivity index (χ0v) is 13.4. The molecule has 3 N–H and O–H groups in total. The predicted molar refractivity (Wildman–Crippen MR) is 84.8 cm³/mol. The molecule has 1 atom stereocenters. The molecule has 1 amide bonds. The van der Waals surface area contributed by atoms with Crippen LogP contribution in [-0.4, -0.2) is 45.9 Å². The summed E-state index contributed by atoms with van der Waals surface area (Å²) in [6.45, 7) is 0.143. The van der Waals surface area contributed by atoms with Gasteiger partial charge in [-0.25, -0.2) is 9.78 Å². The number of nitrogens with zero attached hydrogens (tertiary/aromatic N) is 1. The fourth-order valence-corrected chi connectivity index (χ4v) is 2.94. The van der Waals surface area contributed by atoms with Crippen LogP contribution in [0.4, 0.5) is 0 Å². The van der Waals surface area contributed by atoms with E-state index in [4.69, 9.17) is 19.7 Å². The SMILES string of the molecule is O=C(O)CC(NC(=O)c1csc(-c2ccc3c(c2)OCO3)n1)C(=O)O. The van der Waals surface area contributed by atoms with Gasteiger partial charge in [-0.2, -0.15) is 0 Å². The standard InChI is InChI=1S/C15H12N2O7S/c18-12(19)4-8(15(21)22)16-13(20)9-5-25-14(17-9)7-1-2-10-11(3-7)24-6-23-10/h1-3,5,8H,4,6H2,(H,16,20)(H,18,19)(H,21,22). The molecule has 2 heterocycles. The number of hydrogen-bond acceptors (Lipinski definition) is 7. The minimum atomic E-state index is -1.53. The number of thiazole rings is 1. The Hall–Kier alpha value is -3.14. The quantitative estimate of drug-likeness (QED) is 0.696. The van der Waals surface area contributed by atoms with E-state index in [0.717, 1.165) is 0 Å². The molecular weight excluding hydrogens is 352 g/mol. The van der Waals surface area contributed by atoms with Gasteiger partial charge in [0.25, 0.3) is 5.91 Å². The van der Waals surface area contributed by atoms with Crippen molar-refractivity contribution < 1.29 is 34.1 Å². The second-order valence-corrected chi connectivity index (χ2v) is 5.93. The van der Waals surface area contributed by atoms with E-state index in [2.05, 4.69) is 10.3 Å². The average molecular weight is 364 g/mol. The molecule has 0 saturated heterocycles. The zero-order chi connectivity index (χ0) is 18.0. The summed E-state index contributed by atoms with van der Waals surface area (Å²) in [4.78, 5) is 38.0. The number of rotatable bonds is 6. The van der Waals surface area contributed by atoms with Crippen molar-refractivity contribution in [1.29, 1.82) is 0 Å². The van der Waals surface area contributed by atoms with Crippen molar-refractivity contribution >= 4 is 29.2 Å². The Morgan fingerprint density at radius 3 is 2.72 bits per heavy atom. The lowest BCUT2D eigenvalue weighted by Crippen LogP contribution is -2.42. The van der Waals surface area contributed by atoms with Crippen LogP contribution in [0.1, 0.15) is 16.9 Å². The summed E-state index contributed by atoms with van der Waals surface area (Å²) in [6, 6.07) is 3.69. The van der Waals surface area contributed by atoms with Crippen molar-refractivity contribution in [2.45, 2.75) is 12.5 Å². The van der Waals surface area contributed by atoms with Crippen molar-refractivity contribution in [2.75, 3.05) is 6.79 Å². The number of carbonyl (C=O) groups is 3. The number of carboxylic acids is 2. The van der Waals surface area contributed by atoms with Crippen LogP contribution in [-0.2, 0) is 9.59 Å². The Bertz CT molecular complexity index is 848. The van der Waals surface area contributed by atoms with Crippen LogP contribution in [0.5, 0.6) is 11.5 Å². The summed E-state index contributed by atoms with van der Waals surface area (Å²) in [5.41, 5.74) is 0.725. The van der Waals surface area contributed by atoms with Crippen LogP contribution in [0.15, 0.2) is 23.6 Å². The van der Waals surface area contributed by atoms with E-state index in [1.807, 2.05) is 0 Å². The summed E-state index contributed by atoms with van der Waals surface area (Å²) < 4.78 is 10.5. The topological polar surface area (TPSA) is 135 Å². The molecular formula is C15H12N2O7S. The number of carbonyl (C=O) groups excluding carboxylic acids is 1. The number of carboxylic acid groups (broad SMARTS) is 2. The highest BCUT2D eigenvalue weighted by Crippen LogP contribution is 2.36. The lowest BCUT2D eigenvalue weighted by atomic mass is 10.2. The van der Waals surface area contributed by atoms with Crippen molar-refractivity contribution in [3.63, 3.8) is 0 Å². The smallest absolute Gasteiger partial charge is 0.326 e. The van der Waals surface area contributed by atoms with Gasteiger partial charge >= 0.3 is 11.9 Å². The molecule has 3 rings (SSSR count). The Balaban J connectivity index is 1.75. The van der Waals surface area contributed by atoms with Crippen LogP contribution in [0, 0.1) is 0 Å². The third-order valence-corrected chi connectivity index (χ3v) is 4.23. The predicted octanol–water partition coefficient (Wildman–Crippen LogP) is 1.20. The summed E-state index contributed by atoms with van der Waals surface area (Å²) >= 11 is 1.19. The molecule has 1 unspecified atom stereocenters. The minimum Gasteiger partial charge on any atom is -0.481 e. The Morgan fingerprint density at radius 1 is 1.24 bits per heavy atom. The molecule has 1 aromatic heterocycles. The van der Waals surface area contributed by atoms with Gasteiger partial charge in [-0.15, -0.1) is 11.3 Å². The Labute approximate surface area is 144 Å². The van der Waals surface area contributed by atoms with E-state index in [1.54, 1.807) is 18.2 Å². The number of ether oxygens (including phenoxy) is 2. The minimum absolute atomic E-state index is 0.00862. The van der Waals surface area contributed by atoms with Gasteiger partial charge in [-0.05, 0) is 18.2 Å². The molecule has 9 nitrogen and oxygen atoms in total. The molecule has 2 aromatic rings. The molecule has 130 valence electrons. The van der Waals surface area contributed by atoms with E-state index in [0.29, 0.717) is 22.1 Å². The first kappa shape index (κ1) is 16.7. The highest BCUT2D eigenvalue weighted by molar-refractivity contribution is 7.13. The third-order valence-electron chi connectivity index (χ3n) is 3.34. The monoisotopic (exact) mass is 364 g/mol. The van der Waals surface area contributed by atoms with E-state index < -0.39 is 30.3 Å². The Morgan fingerprint density at radius 2 is 2.00 bits per heavy atom. The lowest BCUT2D eigenvalue weighted by Gasteiger charge is -2.10. The van der Waals surface area contributed by atoms with Gasteiger partial charge in [-0.1, -0.05) is 0 Å². The van der Waals surface area contributed by atoms with Gasteiger partial charge in [0.1, 0.15) is 16.7 Å². The largest absolute Gasteiger partial charge is 0.481 e. The van der Waals surface area contributed by atoms with Crippen LogP contribution in [0.2, 0.25) is 0 Å². The van der Waals surface area contributed by atoms with Crippen molar-refractivity contribution in [3.05, 3.63) is 29.3 Å². The second-order valence-electron chi connectivity index (χ2n) is 5.07. The molecule has 0 spiro atoms. The lowest BCUT2D eigenvalue weighted by molar-refractivity contribution is -0.145. The maximum Gasteiger partial charge on any atom is 0.326 e. The zero-order valence-electron chi connectivity index (χ0n) is 12.6. The fourth-order valence-electron chi connectivity index (χ4n) is 2.15. The number of nitrogens with one attached hydrogen (secondary N) is 1. The highest BCUT2D eigenvalue weighted by atomic mass is 32.1. The number of hydrogen-bond donors (Lipinski definition) is 3. The number of aromatic nitrogens is 1. The maximum absolute atomic E-state index is 12.1. The third kappa shape index (κ3) is 3.69. The summed E-state index contributed by atoms with van der Waals surface area (Å²) in [6.07, 6.45) is -0.722. The van der Waals surface area contributed by atoms with Gasteiger partial charge in [0.05, 0.1) is 6.42 Å². The number of aliphatic carboxylic acids is 2. The normalized spacial score (nSPS) is 13.3. The van der Waals surface area contributed by atoms with Gasteiger partial charge in [0, 0.05) is 10.9 Å². The van der Waals surface area contributed by atoms with E-state index in [9.17, 15) is 14.4 Å². The number of fused-ring (bicyclic) bond motifs is 1. The summed E-state index contributed by atoms with van der Waals surface area (Å²) in [5, 5.41) is 21.8. The molecule has 0 radical (unpaired) electrons. The molecule has 1 aromatic carbocycles. The molecule has 1 aliphatic rings. The molecule has 0 aliphatic carbocycles. The number of benzene rings is 1. The molecule has 0 bridgehead atoms. The average Bonchev–Trinajstić information content (AvgIpc) is 3.22. The summed E-state index contributed by atoms with van der Waals surface area (Å²) in [5.74, 6) is -2.31. The first-order valence-corrected chi connectivity index (χ1v) is 7.93. The summed E-state index contributed by atoms with van der Waals surface area (Å²) in [7, 11) is 0. The Kier molecular flexibility index (Phi) is 4.52. The molecule has 0 saturated carbocycles. The van der Waals surface area contributed by atoms with Crippen LogP contribution >= 0.6 is 11.3 Å². The van der Waals surface area contributed by atoms with Gasteiger partial charge in [0.15, 0.2) is 11.5 Å². The van der Waals surface area contributed by atoms with Gasteiger partial charge < -0.3 is 25.0 Å². The molecule has 25 heavy (non-hydrogen) atoms. The van der Waals surface area contributed by atoms with Crippen molar-refractivity contribution in [1.82, 2.24) is 10.3 Å². The van der Waals surface area contributed by atoms with Crippen LogP contribution < -0.4 is 14.8 Å². The molecule has 1 aliphatic heterocycles. The number of amides is 1. The maximum atomic E-state index is 12.1. The van der Waals surface area contributed by atoms with Gasteiger partial charge in [0.2, 0.25) is 6.79 Å². The van der Waals surface area contributed by atoms with E-state index >= 15 is 0 Å². The molecule has 0 fully saturated rings. The van der Waals surface area contributed by atoms with Crippen molar-refractivity contribution in [2.24, 2.45) is 0 Å². The van der Waals surface area contributed by atoms with E-state index in [1.165, 1.54) is 16.7 Å². The highest BCUT2D eigenvalue weighted by Gasteiger charge is 2.25. The van der Waals surface area contributed by atoms with Crippen molar-refractivity contribution in [3.8, 4) is 22.1 Å². The van der Waals surface area contributed by atoms with Crippen LogP contribution in [0.25, 0.3) is 10.6 Å². The van der Waals surface area contributed by atoms with Crippen LogP contribution in [0.3, 0.4) is 0 Å². The van der Waals surface area contributed by atoms with Gasteiger partial charge in [-0.3, -0.25) is 9.59 Å². The fraction of sp³-hybridized carbons (Fsp3) is 0.200. The second kappa shape index (κ2) is 6.77. The first-order valence-electron chi connectivity index (χ1n) is 7.05. The molecule has 10 heteroatoms. The van der Waals surface area contributed by atoms with E-state index in [-0.39, 0.29) is 12.5 Å². The first-order chi connectivity index (χ1) is 11.9.